The van der Waals surface area contributed by atoms with E-state index in [9.17, 15) is 4.79 Å². The number of rotatable bonds is 5. The van der Waals surface area contributed by atoms with E-state index in [2.05, 4.69) is 4.98 Å². The van der Waals surface area contributed by atoms with Crippen molar-refractivity contribution in [3.8, 4) is 5.75 Å². The van der Waals surface area contributed by atoms with Crippen molar-refractivity contribution in [1.82, 2.24) is 4.98 Å². The predicted octanol–water partition coefficient (Wildman–Crippen LogP) is 3.35. The molecule has 0 amide bonds. The maximum absolute atomic E-state index is 11.3. The molecule has 3 nitrogen and oxygen atoms in total. The van der Waals surface area contributed by atoms with Crippen LogP contribution in [0.1, 0.15) is 24.8 Å². The van der Waals surface area contributed by atoms with E-state index in [1.807, 2.05) is 32.0 Å². The van der Waals surface area contributed by atoms with Crippen molar-refractivity contribution < 1.29 is 9.53 Å². The van der Waals surface area contributed by atoms with Crippen LogP contribution in [0.15, 0.2) is 18.2 Å². The van der Waals surface area contributed by atoms with Crippen LogP contribution >= 0.6 is 11.3 Å². The summed E-state index contributed by atoms with van der Waals surface area (Å²) in [4.78, 5) is 15.7. The quantitative estimate of drug-likeness (QED) is 0.815. The molecule has 17 heavy (non-hydrogen) atoms. The van der Waals surface area contributed by atoms with Crippen LogP contribution in [0.5, 0.6) is 5.75 Å². The van der Waals surface area contributed by atoms with Crippen molar-refractivity contribution in [2.45, 2.75) is 26.7 Å². The van der Waals surface area contributed by atoms with E-state index < -0.39 is 0 Å². The Balaban J connectivity index is 2.06. The summed E-state index contributed by atoms with van der Waals surface area (Å²) in [7, 11) is 0. The third kappa shape index (κ3) is 3.03. The van der Waals surface area contributed by atoms with Gasteiger partial charge in [-0.2, -0.15) is 0 Å². The molecule has 90 valence electrons. The van der Waals surface area contributed by atoms with Crippen LogP contribution in [-0.2, 0) is 4.79 Å². The van der Waals surface area contributed by atoms with E-state index in [0.717, 1.165) is 27.4 Å². The molecule has 1 heterocycles. The summed E-state index contributed by atoms with van der Waals surface area (Å²) in [6.45, 7) is 4.14. The molecule has 0 fully saturated rings. The molecule has 0 aliphatic heterocycles. The lowest BCUT2D eigenvalue weighted by Gasteiger charge is -2.04. The van der Waals surface area contributed by atoms with Crippen molar-refractivity contribution in [2.24, 2.45) is 0 Å². The molecule has 0 radical (unpaired) electrons. The first-order valence-corrected chi connectivity index (χ1v) is 6.52. The molecule has 0 spiro atoms. The van der Waals surface area contributed by atoms with Gasteiger partial charge in [-0.05, 0) is 31.5 Å². The highest BCUT2D eigenvalue weighted by atomic mass is 32.1. The monoisotopic (exact) mass is 249 g/mol. The number of aromatic nitrogens is 1. The van der Waals surface area contributed by atoms with Crippen LogP contribution in [-0.4, -0.2) is 17.4 Å². The zero-order chi connectivity index (χ0) is 12.3. The molecule has 0 aliphatic carbocycles. The van der Waals surface area contributed by atoms with Gasteiger partial charge in [0, 0.05) is 6.42 Å². The fraction of sp³-hybridized carbons (Fsp3) is 0.385. The second-order valence-electron chi connectivity index (χ2n) is 3.94. The van der Waals surface area contributed by atoms with Gasteiger partial charge in [0.2, 0.25) is 0 Å². The summed E-state index contributed by atoms with van der Waals surface area (Å²) in [5, 5.41) is 1.04. The van der Waals surface area contributed by atoms with Crippen LogP contribution in [0.2, 0.25) is 0 Å². The van der Waals surface area contributed by atoms with Gasteiger partial charge in [0.05, 0.1) is 15.2 Å². The van der Waals surface area contributed by atoms with Crippen molar-refractivity contribution >= 4 is 27.3 Å². The Morgan fingerprint density at radius 1 is 1.47 bits per heavy atom. The van der Waals surface area contributed by atoms with E-state index in [1.54, 1.807) is 11.3 Å². The minimum atomic E-state index is 0.146. The normalized spacial score (nSPS) is 10.7. The molecule has 1 aromatic carbocycles. The van der Waals surface area contributed by atoms with E-state index in [0.29, 0.717) is 6.42 Å². The summed E-state index contributed by atoms with van der Waals surface area (Å²) < 4.78 is 6.57. The molecule has 2 rings (SSSR count). The summed E-state index contributed by atoms with van der Waals surface area (Å²) >= 11 is 1.63. The standard InChI is InChI=1S/C13H15NO2S/c1-3-4-10(15)8-16-11-5-6-12-13(7-11)17-9(2)14-12/h5-7H,3-4,8H2,1-2H3. The number of fused-ring (bicyclic) bond motifs is 1. The van der Waals surface area contributed by atoms with Crippen LogP contribution in [0, 0.1) is 6.92 Å². The molecule has 0 bridgehead atoms. The van der Waals surface area contributed by atoms with Gasteiger partial charge in [0.15, 0.2) is 5.78 Å². The lowest BCUT2D eigenvalue weighted by atomic mass is 10.2. The molecule has 0 aliphatic rings. The van der Waals surface area contributed by atoms with Crippen LogP contribution in [0.3, 0.4) is 0 Å². The van der Waals surface area contributed by atoms with Gasteiger partial charge >= 0.3 is 0 Å². The SMILES string of the molecule is CCCC(=O)COc1ccc2nc(C)sc2c1. The van der Waals surface area contributed by atoms with Crippen molar-refractivity contribution in [3.05, 3.63) is 23.2 Å². The average molecular weight is 249 g/mol. The number of ether oxygens (including phenoxy) is 1. The second-order valence-corrected chi connectivity index (χ2v) is 5.17. The summed E-state index contributed by atoms with van der Waals surface area (Å²) in [5.41, 5.74) is 0.986. The molecule has 2 aromatic rings. The van der Waals surface area contributed by atoms with Gasteiger partial charge in [-0.3, -0.25) is 4.79 Å². The van der Waals surface area contributed by atoms with Crippen molar-refractivity contribution in [2.75, 3.05) is 6.61 Å². The zero-order valence-corrected chi connectivity index (χ0v) is 10.8. The first-order chi connectivity index (χ1) is 8.19. The number of aryl methyl sites for hydroxylation is 1. The smallest absolute Gasteiger partial charge is 0.170 e. The van der Waals surface area contributed by atoms with E-state index in [-0.39, 0.29) is 12.4 Å². The molecule has 0 saturated heterocycles. The van der Waals surface area contributed by atoms with Gasteiger partial charge in [0.25, 0.3) is 0 Å². The molecule has 0 saturated carbocycles. The Morgan fingerprint density at radius 3 is 3.06 bits per heavy atom. The first kappa shape index (κ1) is 12.0. The summed E-state index contributed by atoms with van der Waals surface area (Å²) in [6.07, 6.45) is 1.46. The maximum atomic E-state index is 11.3. The Kier molecular flexibility index (Phi) is 3.74. The molecule has 0 N–H and O–H groups in total. The lowest BCUT2D eigenvalue weighted by molar-refractivity contribution is -0.121. The number of Topliss-reactive ketones (excluding diaryl/α,β-unsaturated/α-hetero) is 1. The molecule has 1 aromatic heterocycles. The highest BCUT2D eigenvalue weighted by Gasteiger charge is 2.04. The molecule has 0 unspecified atom stereocenters. The summed E-state index contributed by atoms with van der Waals surface area (Å²) in [5.74, 6) is 0.888. The van der Waals surface area contributed by atoms with Crippen LogP contribution in [0.25, 0.3) is 10.2 Å². The number of carbonyl (C=O) groups excluding carboxylic acids is 1. The Labute approximate surface area is 104 Å². The Morgan fingerprint density at radius 2 is 2.29 bits per heavy atom. The van der Waals surface area contributed by atoms with Crippen molar-refractivity contribution in [1.29, 1.82) is 0 Å². The number of benzene rings is 1. The first-order valence-electron chi connectivity index (χ1n) is 5.70. The number of thiazole rings is 1. The lowest BCUT2D eigenvalue weighted by Crippen LogP contribution is -2.10. The van der Waals surface area contributed by atoms with Crippen LogP contribution in [0.4, 0.5) is 0 Å². The third-order valence-electron chi connectivity index (χ3n) is 2.40. The fourth-order valence-electron chi connectivity index (χ4n) is 1.62. The van der Waals surface area contributed by atoms with Crippen molar-refractivity contribution in [3.63, 3.8) is 0 Å². The molecular formula is C13H15NO2S. The Bertz CT molecular complexity index is 533. The molecular weight excluding hydrogens is 234 g/mol. The number of ketones is 1. The van der Waals surface area contributed by atoms with Crippen LogP contribution < -0.4 is 4.74 Å². The summed E-state index contributed by atoms with van der Waals surface area (Å²) in [6, 6.07) is 5.73. The van der Waals surface area contributed by atoms with E-state index in [4.69, 9.17) is 4.74 Å². The average Bonchev–Trinajstić information content (AvgIpc) is 2.66. The maximum Gasteiger partial charge on any atom is 0.170 e. The highest BCUT2D eigenvalue weighted by Crippen LogP contribution is 2.25. The van der Waals surface area contributed by atoms with Gasteiger partial charge < -0.3 is 4.74 Å². The van der Waals surface area contributed by atoms with Gasteiger partial charge in [-0.15, -0.1) is 11.3 Å². The minimum Gasteiger partial charge on any atom is -0.486 e. The van der Waals surface area contributed by atoms with E-state index in [1.165, 1.54) is 0 Å². The van der Waals surface area contributed by atoms with Gasteiger partial charge in [-0.25, -0.2) is 4.98 Å². The topological polar surface area (TPSA) is 39.2 Å². The van der Waals surface area contributed by atoms with Gasteiger partial charge in [0.1, 0.15) is 12.4 Å². The number of hydrogen-bond acceptors (Lipinski definition) is 4. The number of carbonyl (C=O) groups is 1. The molecule has 0 atom stereocenters. The predicted molar refractivity (Wildman–Crippen MR) is 69.8 cm³/mol. The highest BCUT2D eigenvalue weighted by molar-refractivity contribution is 7.18. The fourth-order valence-corrected chi connectivity index (χ4v) is 2.48. The van der Waals surface area contributed by atoms with Gasteiger partial charge in [-0.1, -0.05) is 6.92 Å². The largest absolute Gasteiger partial charge is 0.486 e. The molecule has 4 heteroatoms. The Hall–Kier alpha value is -1.42. The zero-order valence-electron chi connectivity index (χ0n) is 10.0. The number of hydrogen-bond donors (Lipinski definition) is 0. The minimum absolute atomic E-state index is 0.146. The second kappa shape index (κ2) is 5.27. The van der Waals surface area contributed by atoms with E-state index >= 15 is 0 Å². The number of nitrogens with zero attached hydrogens (tertiary/aromatic N) is 1. The third-order valence-corrected chi connectivity index (χ3v) is 3.33.